The molecule has 0 aliphatic rings. The van der Waals surface area contributed by atoms with E-state index in [-0.39, 0.29) is 0 Å². The summed E-state index contributed by atoms with van der Waals surface area (Å²) in [5.74, 6) is -2.41. The summed E-state index contributed by atoms with van der Waals surface area (Å²) in [5, 5.41) is 14.3. The van der Waals surface area contributed by atoms with Crippen molar-refractivity contribution in [3.8, 4) is 0 Å². The SMILES string of the molecule is O=C(O)C(=O)/C=C/c1cn[nH]c1. The summed E-state index contributed by atoms with van der Waals surface area (Å²) in [5.41, 5.74) is 0.657. The molecule has 0 fully saturated rings. The summed E-state index contributed by atoms with van der Waals surface area (Å²) < 4.78 is 0. The topological polar surface area (TPSA) is 83.0 Å². The Labute approximate surface area is 67.7 Å². The van der Waals surface area contributed by atoms with Gasteiger partial charge in [-0.3, -0.25) is 9.89 Å². The van der Waals surface area contributed by atoms with Crippen molar-refractivity contribution < 1.29 is 14.7 Å². The van der Waals surface area contributed by atoms with Crippen LogP contribution in [0.15, 0.2) is 18.5 Å². The number of nitrogens with zero attached hydrogens (tertiary/aromatic N) is 1. The zero-order chi connectivity index (χ0) is 8.97. The van der Waals surface area contributed by atoms with E-state index in [1.165, 1.54) is 12.3 Å². The maximum absolute atomic E-state index is 10.5. The highest BCUT2D eigenvalue weighted by Crippen LogP contribution is 1.96. The Bertz CT molecular complexity index is 313. The van der Waals surface area contributed by atoms with Crippen LogP contribution in [-0.4, -0.2) is 27.1 Å². The van der Waals surface area contributed by atoms with E-state index in [1.54, 1.807) is 6.20 Å². The number of carboxylic acid groups (broad SMARTS) is 1. The summed E-state index contributed by atoms with van der Waals surface area (Å²) in [6.07, 6.45) is 5.38. The molecule has 12 heavy (non-hydrogen) atoms. The Morgan fingerprint density at radius 2 is 2.33 bits per heavy atom. The van der Waals surface area contributed by atoms with Crippen LogP contribution in [0.3, 0.4) is 0 Å². The van der Waals surface area contributed by atoms with Gasteiger partial charge in [-0.15, -0.1) is 0 Å². The molecule has 0 amide bonds. The van der Waals surface area contributed by atoms with Crippen molar-refractivity contribution in [2.75, 3.05) is 0 Å². The number of aromatic nitrogens is 2. The highest BCUT2D eigenvalue weighted by atomic mass is 16.4. The van der Waals surface area contributed by atoms with Crippen molar-refractivity contribution in [3.05, 3.63) is 24.0 Å². The monoisotopic (exact) mass is 166 g/mol. The highest BCUT2D eigenvalue weighted by molar-refractivity contribution is 6.38. The first-order valence-electron chi connectivity index (χ1n) is 3.14. The van der Waals surface area contributed by atoms with E-state index in [0.29, 0.717) is 5.56 Å². The Morgan fingerprint density at radius 3 is 2.83 bits per heavy atom. The lowest BCUT2D eigenvalue weighted by atomic mass is 10.3. The molecule has 0 radical (unpaired) electrons. The van der Waals surface area contributed by atoms with Gasteiger partial charge < -0.3 is 5.11 Å². The smallest absolute Gasteiger partial charge is 0.376 e. The van der Waals surface area contributed by atoms with Gasteiger partial charge in [0, 0.05) is 11.8 Å². The zero-order valence-corrected chi connectivity index (χ0v) is 6.02. The van der Waals surface area contributed by atoms with E-state index in [0.717, 1.165) is 6.08 Å². The molecular weight excluding hydrogens is 160 g/mol. The van der Waals surface area contributed by atoms with Crippen molar-refractivity contribution in [2.24, 2.45) is 0 Å². The van der Waals surface area contributed by atoms with Gasteiger partial charge in [-0.05, 0) is 12.2 Å². The Kier molecular flexibility index (Phi) is 2.37. The number of aliphatic carboxylic acids is 1. The van der Waals surface area contributed by atoms with Crippen molar-refractivity contribution in [1.82, 2.24) is 10.2 Å². The molecule has 2 N–H and O–H groups in total. The van der Waals surface area contributed by atoms with Crippen LogP contribution in [0.5, 0.6) is 0 Å². The average molecular weight is 166 g/mol. The molecule has 62 valence electrons. The summed E-state index contributed by atoms with van der Waals surface area (Å²) >= 11 is 0. The van der Waals surface area contributed by atoms with Crippen LogP contribution >= 0.6 is 0 Å². The van der Waals surface area contributed by atoms with Crippen molar-refractivity contribution >= 4 is 17.8 Å². The lowest BCUT2D eigenvalue weighted by molar-refractivity contribution is -0.146. The van der Waals surface area contributed by atoms with Crippen LogP contribution in [0, 0.1) is 0 Å². The van der Waals surface area contributed by atoms with E-state index in [1.807, 2.05) is 0 Å². The number of carbonyl (C=O) groups excluding carboxylic acids is 1. The van der Waals surface area contributed by atoms with Gasteiger partial charge in [-0.2, -0.15) is 5.10 Å². The third-order valence-electron chi connectivity index (χ3n) is 1.16. The number of rotatable bonds is 3. The molecule has 0 aliphatic heterocycles. The number of hydrogen-bond donors (Lipinski definition) is 2. The first-order valence-corrected chi connectivity index (χ1v) is 3.14. The van der Waals surface area contributed by atoms with Gasteiger partial charge in [0.25, 0.3) is 5.78 Å². The number of carbonyl (C=O) groups is 2. The van der Waals surface area contributed by atoms with E-state index in [9.17, 15) is 9.59 Å². The second-order valence-corrected chi connectivity index (χ2v) is 2.03. The Hall–Kier alpha value is -1.91. The summed E-state index contributed by atoms with van der Waals surface area (Å²) in [4.78, 5) is 20.6. The lowest BCUT2D eigenvalue weighted by Crippen LogP contribution is -2.08. The maximum Gasteiger partial charge on any atom is 0.376 e. The van der Waals surface area contributed by atoms with Gasteiger partial charge in [-0.25, -0.2) is 4.79 Å². The molecule has 0 saturated heterocycles. The largest absolute Gasteiger partial charge is 0.475 e. The van der Waals surface area contributed by atoms with Crippen LogP contribution in [-0.2, 0) is 9.59 Å². The fourth-order valence-corrected chi connectivity index (χ4v) is 0.595. The van der Waals surface area contributed by atoms with E-state index in [2.05, 4.69) is 10.2 Å². The van der Waals surface area contributed by atoms with E-state index >= 15 is 0 Å². The number of ketones is 1. The highest BCUT2D eigenvalue weighted by Gasteiger charge is 2.05. The zero-order valence-electron chi connectivity index (χ0n) is 6.02. The molecule has 0 atom stereocenters. The van der Waals surface area contributed by atoms with E-state index in [4.69, 9.17) is 5.11 Å². The van der Waals surface area contributed by atoms with Gasteiger partial charge >= 0.3 is 5.97 Å². The van der Waals surface area contributed by atoms with Crippen LogP contribution in [0.1, 0.15) is 5.56 Å². The molecule has 0 aromatic carbocycles. The van der Waals surface area contributed by atoms with Crippen LogP contribution in [0.4, 0.5) is 0 Å². The van der Waals surface area contributed by atoms with Crippen LogP contribution in [0.2, 0.25) is 0 Å². The molecule has 0 unspecified atom stereocenters. The number of H-pyrrole nitrogens is 1. The minimum Gasteiger partial charge on any atom is -0.475 e. The van der Waals surface area contributed by atoms with Gasteiger partial charge in [0.05, 0.1) is 6.20 Å². The van der Waals surface area contributed by atoms with Gasteiger partial charge in [-0.1, -0.05) is 0 Å². The quantitative estimate of drug-likeness (QED) is 0.492. The standard InChI is InChI=1S/C7H6N2O3/c10-6(7(11)12)2-1-5-3-8-9-4-5/h1-4H,(H,8,9)(H,11,12)/b2-1+. The van der Waals surface area contributed by atoms with Crippen molar-refractivity contribution in [2.45, 2.75) is 0 Å². The predicted octanol–water partition coefficient (Wildman–Crippen LogP) is 0.0766. The van der Waals surface area contributed by atoms with E-state index < -0.39 is 11.8 Å². The van der Waals surface area contributed by atoms with Crippen molar-refractivity contribution in [3.63, 3.8) is 0 Å². The summed E-state index contributed by atoms with van der Waals surface area (Å²) in [6.45, 7) is 0. The molecule has 5 nitrogen and oxygen atoms in total. The lowest BCUT2D eigenvalue weighted by Gasteiger charge is -1.82. The first kappa shape index (κ1) is 8.19. The summed E-state index contributed by atoms with van der Waals surface area (Å²) in [7, 11) is 0. The second kappa shape index (κ2) is 3.47. The first-order chi connectivity index (χ1) is 5.70. The third-order valence-corrected chi connectivity index (χ3v) is 1.16. The number of hydrogen-bond acceptors (Lipinski definition) is 3. The molecule has 0 spiro atoms. The molecule has 0 bridgehead atoms. The average Bonchev–Trinajstić information content (AvgIpc) is 2.51. The van der Waals surface area contributed by atoms with Gasteiger partial charge in [0.15, 0.2) is 0 Å². The number of aromatic amines is 1. The molecule has 1 heterocycles. The van der Waals surface area contributed by atoms with Gasteiger partial charge in [0.1, 0.15) is 0 Å². The number of carboxylic acids is 1. The van der Waals surface area contributed by atoms with Gasteiger partial charge in [0.2, 0.25) is 0 Å². The molecule has 0 saturated carbocycles. The Morgan fingerprint density at radius 1 is 1.58 bits per heavy atom. The molecule has 0 aliphatic carbocycles. The molecular formula is C7H6N2O3. The van der Waals surface area contributed by atoms with Crippen LogP contribution in [0.25, 0.3) is 6.08 Å². The molecule has 1 aromatic rings. The fourth-order valence-electron chi connectivity index (χ4n) is 0.595. The minimum atomic E-state index is -1.46. The number of nitrogens with one attached hydrogen (secondary N) is 1. The predicted molar refractivity (Wildman–Crippen MR) is 40.3 cm³/mol. The fraction of sp³-hybridized carbons (Fsp3) is 0. The normalized spacial score (nSPS) is 10.3. The van der Waals surface area contributed by atoms with Crippen molar-refractivity contribution in [1.29, 1.82) is 0 Å². The summed E-state index contributed by atoms with van der Waals surface area (Å²) in [6, 6.07) is 0. The maximum atomic E-state index is 10.5. The molecule has 1 rings (SSSR count). The molecule has 1 aromatic heterocycles. The Balaban J connectivity index is 2.63. The third kappa shape index (κ3) is 2.05. The second-order valence-electron chi connectivity index (χ2n) is 2.03. The minimum absolute atomic E-state index is 0.657. The van der Waals surface area contributed by atoms with Crippen LogP contribution < -0.4 is 0 Å². The molecule has 5 heteroatoms.